The van der Waals surface area contributed by atoms with Crippen LogP contribution < -0.4 is 5.30 Å². The molecule has 5 aromatic carbocycles. The fourth-order valence-electron chi connectivity index (χ4n) is 4.12. The second-order valence-corrected chi connectivity index (χ2v) is 8.14. The molecular formula is C26H19O2P. The fraction of sp³-hybridized carbons (Fsp3) is 0. The fourth-order valence-corrected chi connectivity index (χ4v) is 4.57. The van der Waals surface area contributed by atoms with Crippen molar-refractivity contribution >= 4 is 35.2 Å². The Bertz CT molecular complexity index is 1310. The van der Waals surface area contributed by atoms with Crippen LogP contribution in [0.15, 0.2) is 103 Å². The first-order valence-corrected chi connectivity index (χ1v) is 10.8. The third kappa shape index (κ3) is 3.12. The van der Waals surface area contributed by atoms with Crippen molar-refractivity contribution in [3.8, 4) is 22.3 Å². The van der Waals surface area contributed by atoms with Crippen LogP contribution in [-0.2, 0) is 0 Å². The highest BCUT2D eigenvalue weighted by atomic mass is 31.2. The van der Waals surface area contributed by atoms with E-state index < -0.39 is 8.38 Å². The van der Waals surface area contributed by atoms with E-state index in [4.69, 9.17) is 0 Å². The highest BCUT2D eigenvalue weighted by molar-refractivity contribution is 7.54. The summed E-state index contributed by atoms with van der Waals surface area (Å²) in [6.07, 6.45) is 0. The van der Waals surface area contributed by atoms with Gasteiger partial charge in [0.1, 0.15) is 0 Å². The van der Waals surface area contributed by atoms with E-state index in [1.807, 2.05) is 42.5 Å². The molecular weight excluding hydrogens is 375 g/mol. The van der Waals surface area contributed by atoms with E-state index in [1.165, 1.54) is 10.9 Å². The Labute approximate surface area is 170 Å². The molecule has 0 heterocycles. The molecule has 0 amide bonds. The zero-order valence-corrected chi connectivity index (χ0v) is 16.6. The van der Waals surface area contributed by atoms with Crippen LogP contribution in [0, 0.1) is 0 Å². The van der Waals surface area contributed by atoms with Crippen LogP contribution in [0.3, 0.4) is 0 Å². The first-order valence-electron chi connectivity index (χ1n) is 9.51. The van der Waals surface area contributed by atoms with Crippen molar-refractivity contribution in [2.75, 3.05) is 0 Å². The summed E-state index contributed by atoms with van der Waals surface area (Å²) in [4.78, 5) is 19.7. The van der Waals surface area contributed by atoms with Gasteiger partial charge in [-0.25, -0.2) is 0 Å². The minimum absolute atomic E-state index is 0.555. The van der Waals surface area contributed by atoms with E-state index in [0.717, 1.165) is 32.8 Å². The molecule has 140 valence electrons. The van der Waals surface area contributed by atoms with E-state index in [1.54, 1.807) is 0 Å². The predicted octanol–water partition coefficient (Wildman–Crippen LogP) is 6.25. The van der Waals surface area contributed by atoms with Crippen LogP contribution in [0.1, 0.15) is 0 Å². The first kappa shape index (κ1) is 18.0. The van der Waals surface area contributed by atoms with Crippen molar-refractivity contribution in [3.05, 3.63) is 103 Å². The van der Waals surface area contributed by atoms with Crippen molar-refractivity contribution in [3.63, 3.8) is 0 Å². The van der Waals surface area contributed by atoms with E-state index in [9.17, 15) is 9.79 Å². The predicted molar refractivity (Wildman–Crippen MR) is 123 cm³/mol. The lowest BCUT2D eigenvalue weighted by molar-refractivity contribution is 0.497. The monoisotopic (exact) mass is 394 g/mol. The second kappa shape index (κ2) is 7.42. The quantitative estimate of drug-likeness (QED) is 0.281. The van der Waals surface area contributed by atoms with Crippen LogP contribution in [0.2, 0.25) is 0 Å². The van der Waals surface area contributed by atoms with Crippen molar-refractivity contribution in [2.45, 2.75) is 0 Å². The molecule has 0 spiro atoms. The zero-order chi connectivity index (χ0) is 19.8. The number of rotatable bonds is 3. The average Bonchev–Trinajstić information content (AvgIpc) is 2.78. The summed E-state index contributed by atoms with van der Waals surface area (Å²) in [7, 11) is -2.16. The van der Waals surface area contributed by atoms with Gasteiger partial charge in [-0.3, -0.25) is 0 Å². The van der Waals surface area contributed by atoms with Gasteiger partial charge in [0.25, 0.3) is 0 Å². The van der Waals surface area contributed by atoms with Crippen LogP contribution >= 0.6 is 8.38 Å². The third-order valence-electron chi connectivity index (χ3n) is 5.36. The summed E-state index contributed by atoms with van der Waals surface area (Å²) < 4.78 is 0. The molecule has 3 heteroatoms. The van der Waals surface area contributed by atoms with Gasteiger partial charge < -0.3 is 9.79 Å². The molecule has 5 aromatic rings. The number of fused-ring (bicyclic) bond motifs is 2. The van der Waals surface area contributed by atoms with E-state index in [2.05, 4.69) is 60.7 Å². The summed E-state index contributed by atoms with van der Waals surface area (Å²) in [6, 6.07) is 34.9. The lowest BCUT2D eigenvalue weighted by Gasteiger charge is -2.18. The van der Waals surface area contributed by atoms with Gasteiger partial charge >= 0.3 is 0 Å². The molecule has 0 bridgehead atoms. The molecule has 0 aromatic heterocycles. The van der Waals surface area contributed by atoms with E-state index in [0.29, 0.717) is 5.30 Å². The van der Waals surface area contributed by atoms with Gasteiger partial charge in [0.2, 0.25) is 0 Å². The maximum absolute atomic E-state index is 9.86. The largest absolute Gasteiger partial charge is 0.347 e. The van der Waals surface area contributed by atoms with Gasteiger partial charge in [-0.1, -0.05) is 91.0 Å². The topological polar surface area (TPSA) is 40.5 Å². The number of benzene rings is 5. The lowest BCUT2D eigenvalue weighted by atomic mass is 9.86. The van der Waals surface area contributed by atoms with Gasteiger partial charge in [-0.2, -0.15) is 0 Å². The third-order valence-corrected chi connectivity index (χ3v) is 6.10. The van der Waals surface area contributed by atoms with Crippen molar-refractivity contribution in [2.24, 2.45) is 0 Å². The second-order valence-electron chi connectivity index (χ2n) is 7.05. The highest BCUT2D eigenvalue weighted by Gasteiger charge is 2.17. The number of hydrogen-bond donors (Lipinski definition) is 2. The summed E-state index contributed by atoms with van der Waals surface area (Å²) in [5, 5.41) is 5.03. The van der Waals surface area contributed by atoms with Gasteiger partial charge in [0.05, 0.1) is 0 Å². The Morgan fingerprint density at radius 2 is 0.897 bits per heavy atom. The maximum Gasteiger partial charge on any atom is 0.199 e. The molecule has 2 N–H and O–H groups in total. The van der Waals surface area contributed by atoms with Crippen molar-refractivity contribution < 1.29 is 9.79 Å². The van der Waals surface area contributed by atoms with E-state index in [-0.39, 0.29) is 0 Å². The van der Waals surface area contributed by atoms with Gasteiger partial charge in [0, 0.05) is 5.30 Å². The Morgan fingerprint density at radius 1 is 0.448 bits per heavy atom. The Kier molecular flexibility index (Phi) is 4.61. The van der Waals surface area contributed by atoms with Crippen LogP contribution in [0.4, 0.5) is 0 Å². The highest BCUT2D eigenvalue weighted by Crippen LogP contribution is 2.43. The summed E-state index contributed by atoms with van der Waals surface area (Å²) in [5.74, 6) is 0. The Hall–Kier alpha value is -3.03. The first-order chi connectivity index (χ1) is 14.2. The SMILES string of the molecule is OP(O)c1ccc2c(-c3ccccc3)c3ccccc3c(-c3ccccc3)c2c1. The molecule has 0 radical (unpaired) electrons. The molecule has 0 saturated heterocycles. The molecule has 0 aliphatic rings. The summed E-state index contributed by atoms with van der Waals surface area (Å²) in [5.41, 5.74) is 4.55. The summed E-state index contributed by atoms with van der Waals surface area (Å²) in [6.45, 7) is 0. The van der Waals surface area contributed by atoms with Crippen LogP contribution in [0.5, 0.6) is 0 Å². The minimum Gasteiger partial charge on any atom is -0.347 e. The molecule has 0 fully saturated rings. The lowest BCUT2D eigenvalue weighted by Crippen LogP contribution is -2.00. The molecule has 2 nitrogen and oxygen atoms in total. The Balaban J connectivity index is 2.01. The van der Waals surface area contributed by atoms with Crippen molar-refractivity contribution in [1.82, 2.24) is 0 Å². The Morgan fingerprint density at radius 3 is 1.41 bits per heavy atom. The smallest absolute Gasteiger partial charge is 0.199 e. The molecule has 0 aliphatic heterocycles. The summed E-state index contributed by atoms with van der Waals surface area (Å²) >= 11 is 0. The minimum atomic E-state index is -2.16. The van der Waals surface area contributed by atoms with Crippen LogP contribution in [0.25, 0.3) is 43.8 Å². The molecule has 29 heavy (non-hydrogen) atoms. The van der Waals surface area contributed by atoms with Gasteiger partial charge in [-0.05, 0) is 55.9 Å². The molecule has 0 atom stereocenters. The molecule has 0 saturated carbocycles. The van der Waals surface area contributed by atoms with Crippen molar-refractivity contribution in [1.29, 1.82) is 0 Å². The number of hydrogen-bond acceptors (Lipinski definition) is 2. The molecule has 0 aliphatic carbocycles. The van der Waals surface area contributed by atoms with Crippen LogP contribution in [-0.4, -0.2) is 9.79 Å². The van der Waals surface area contributed by atoms with E-state index >= 15 is 0 Å². The molecule has 5 rings (SSSR count). The molecule has 0 unspecified atom stereocenters. The standard InChI is InChI=1S/C26H19O2P/c27-29(28)20-15-16-23-24(17-20)26(19-11-5-2-6-12-19)22-14-8-7-13-21(22)25(23)18-9-3-1-4-10-18/h1-17,27-28H. The normalized spacial score (nSPS) is 11.4. The van der Waals surface area contributed by atoms with Gasteiger partial charge in [0.15, 0.2) is 8.38 Å². The average molecular weight is 394 g/mol. The maximum atomic E-state index is 9.86. The van der Waals surface area contributed by atoms with Gasteiger partial charge in [-0.15, -0.1) is 0 Å². The zero-order valence-electron chi connectivity index (χ0n) is 15.7.